The fourth-order valence-corrected chi connectivity index (χ4v) is 4.57. The summed E-state index contributed by atoms with van der Waals surface area (Å²) in [6.45, 7) is 3.28. The molecule has 0 aromatic carbocycles. The lowest BCUT2D eigenvalue weighted by atomic mass is 9.85. The molecule has 0 atom stereocenters. The normalized spacial score (nSPS) is 24.7. The summed E-state index contributed by atoms with van der Waals surface area (Å²) in [5, 5.41) is 11.0. The molecule has 2 heterocycles. The Kier molecular flexibility index (Phi) is 5.16. The molecule has 5 nitrogen and oxygen atoms in total. The van der Waals surface area contributed by atoms with Crippen molar-refractivity contribution >= 4 is 5.71 Å². The van der Waals surface area contributed by atoms with Crippen LogP contribution in [0.4, 0.5) is 0 Å². The predicted molar refractivity (Wildman–Crippen MR) is 104 cm³/mol. The number of piperidine rings is 1. The van der Waals surface area contributed by atoms with Crippen LogP contribution < -0.4 is 0 Å². The minimum atomic E-state index is -0.245. The Bertz CT molecular complexity index is 734. The summed E-state index contributed by atoms with van der Waals surface area (Å²) < 4.78 is 0. The van der Waals surface area contributed by atoms with Gasteiger partial charge < -0.3 is 0 Å². The highest BCUT2D eigenvalue weighted by atomic mass is 16.6. The first-order chi connectivity index (χ1) is 12.7. The molecule has 4 aliphatic rings. The number of aliphatic imine (C=N–C) groups is 1. The third-order valence-electron chi connectivity index (χ3n) is 6.10. The molecule has 26 heavy (non-hydrogen) atoms. The van der Waals surface area contributed by atoms with Crippen LogP contribution in [0.5, 0.6) is 0 Å². The van der Waals surface area contributed by atoms with E-state index in [0.29, 0.717) is 12.1 Å². The van der Waals surface area contributed by atoms with Gasteiger partial charge in [-0.25, -0.2) is 0 Å². The van der Waals surface area contributed by atoms with Crippen LogP contribution in [0, 0.1) is 16.0 Å². The fourth-order valence-electron chi connectivity index (χ4n) is 4.57. The van der Waals surface area contributed by atoms with Crippen LogP contribution >= 0.6 is 0 Å². The summed E-state index contributed by atoms with van der Waals surface area (Å²) in [6, 6.07) is 0. The summed E-state index contributed by atoms with van der Waals surface area (Å²) in [5.74, 6) is 0.767. The van der Waals surface area contributed by atoms with Crippen molar-refractivity contribution < 1.29 is 4.92 Å². The molecule has 4 rings (SSSR count). The second kappa shape index (κ2) is 7.70. The van der Waals surface area contributed by atoms with E-state index in [1.54, 1.807) is 11.6 Å². The van der Waals surface area contributed by atoms with E-state index < -0.39 is 0 Å². The lowest BCUT2D eigenvalue weighted by Gasteiger charge is -2.34. The number of nitrogens with zero attached hydrogens (tertiary/aromatic N) is 3. The van der Waals surface area contributed by atoms with E-state index in [1.807, 2.05) is 0 Å². The number of likely N-dealkylation sites (tertiary alicyclic amines) is 1. The minimum Gasteiger partial charge on any atom is -0.298 e. The van der Waals surface area contributed by atoms with E-state index in [0.717, 1.165) is 56.1 Å². The van der Waals surface area contributed by atoms with E-state index >= 15 is 0 Å². The average Bonchev–Trinajstić information content (AvgIpc) is 2.69. The van der Waals surface area contributed by atoms with Gasteiger partial charge in [0.25, 0.3) is 0 Å². The Morgan fingerprint density at radius 3 is 2.73 bits per heavy atom. The molecular weight excluding hydrogens is 326 g/mol. The molecule has 1 saturated heterocycles. The molecule has 5 heteroatoms. The van der Waals surface area contributed by atoms with Crippen LogP contribution in [-0.4, -0.2) is 35.2 Å². The first kappa shape index (κ1) is 17.4. The molecule has 0 spiro atoms. The van der Waals surface area contributed by atoms with Gasteiger partial charge in [0, 0.05) is 30.5 Å². The first-order valence-corrected chi connectivity index (χ1v) is 9.90. The highest BCUT2D eigenvalue weighted by Crippen LogP contribution is 2.32. The summed E-state index contributed by atoms with van der Waals surface area (Å²) >= 11 is 0. The standard InChI is InChI=1S/C21H27N3O2/c25-24(26)20-8-9-21-18(14-20)6-7-19(22-21)15-23-12-10-17(11-13-23)16-4-2-1-3-5-16/h1-2,4,14,17H,3,5-13,15H2. The summed E-state index contributed by atoms with van der Waals surface area (Å²) in [4.78, 5) is 18.1. The fraction of sp³-hybridized carbons (Fsp3) is 0.571. The molecule has 0 aromatic heterocycles. The Labute approximate surface area is 155 Å². The number of hydrogen-bond donors (Lipinski definition) is 0. The largest absolute Gasteiger partial charge is 0.298 e. The highest BCUT2D eigenvalue weighted by molar-refractivity contribution is 5.88. The Morgan fingerprint density at radius 1 is 1.15 bits per heavy atom. The quantitative estimate of drug-likeness (QED) is 0.555. The van der Waals surface area contributed by atoms with E-state index in [4.69, 9.17) is 4.99 Å². The van der Waals surface area contributed by atoms with E-state index in [-0.39, 0.29) is 4.92 Å². The van der Waals surface area contributed by atoms with Crippen LogP contribution in [0.1, 0.15) is 51.4 Å². The molecule has 0 N–H and O–H groups in total. The van der Waals surface area contributed by atoms with Gasteiger partial charge in [-0.15, -0.1) is 0 Å². The van der Waals surface area contributed by atoms with E-state index in [9.17, 15) is 10.1 Å². The molecule has 0 unspecified atom stereocenters. The second-order valence-corrected chi connectivity index (χ2v) is 7.80. The van der Waals surface area contributed by atoms with Gasteiger partial charge in [0.1, 0.15) is 0 Å². The van der Waals surface area contributed by atoms with Crippen LogP contribution in [0.2, 0.25) is 0 Å². The second-order valence-electron chi connectivity index (χ2n) is 7.80. The monoisotopic (exact) mass is 353 g/mol. The molecule has 2 aliphatic heterocycles. The van der Waals surface area contributed by atoms with Crippen LogP contribution in [-0.2, 0) is 0 Å². The van der Waals surface area contributed by atoms with Gasteiger partial charge in [0.05, 0.1) is 4.92 Å². The Hall–Kier alpha value is -2.01. The van der Waals surface area contributed by atoms with Gasteiger partial charge in [-0.3, -0.25) is 20.0 Å². The topological polar surface area (TPSA) is 58.7 Å². The molecule has 0 amide bonds. The number of hydrogen-bond acceptors (Lipinski definition) is 4. The van der Waals surface area contributed by atoms with Gasteiger partial charge in [-0.1, -0.05) is 23.8 Å². The smallest absolute Gasteiger partial charge is 0.246 e. The molecular formula is C21H27N3O2. The van der Waals surface area contributed by atoms with Crippen molar-refractivity contribution in [1.82, 2.24) is 4.90 Å². The van der Waals surface area contributed by atoms with Crippen molar-refractivity contribution in [2.24, 2.45) is 10.9 Å². The summed E-state index contributed by atoms with van der Waals surface area (Å²) in [6.07, 6.45) is 16.6. The molecule has 0 radical (unpaired) electrons. The summed E-state index contributed by atoms with van der Waals surface area (Å²) in [5.41, 5.74) is 5.43. The maximum atomic E-state index is 11.0. The van der Waals surface area contributed by atoms with Gasteiger partial charge in [0.15, 0.2) is 0 Å². The zero-order chi connectivity index (χ0) is 17.9. The van der Waals surface area contributed by atoms with Crippen molar-refractivity contribution in [3.05, 3.63) is 57.0 Å². The van der Waals surface area contributed by atoms with Gasteiger partial charge in [-0.2, -0.15) is 0 Å². The van der Waals surface area contributed by atoms with Gasteiger partial charge in [0.2, 0.25) is 5.70 Å². The number of allylic oxidation sites excluding steroid dienone is 8. The maximum Gasteiger partial charge on any atom is 0.246 e. The molecule has 0 bridgehead atoms. The molecule has 2 aliphatic carbocycles. The molecule has 0 saturated carbocycles. The van der Waals surface area contributed by atoms with Crippen molar-refractivity contribution in [3.8, 4) is 0 Å². The van der Waals surface area contributed by atoms with Crippen LogP contribution in [0.3, 0.4) is 0 Å². The van der Waals surface area contributed by atoms with Crippen molar-refractivity contribution in [3.63, 3.8) is 0 Å². The van der Waals surface area contributed by atoms with Crippen LogP contribution in [0.15, 0.2) is 51.8 Å². The van der Waals surface area contributed by atoms with E-state index in [1.165, 1.54) is 31.4 Å². The predicted octanol–water partition coefficient (Wildman–Crippen LogP) is 4.42. The van der Waals surface area contributed by atoms with Crippen molar-refractivity contribution in [2.75, 3.05) is 19.6 Å². The van der Waals surface area contributed by atoms with Gasteiger partial charge in [-0.05, 0) is 69.5 Å². The first-order valence-electron chi connectivity index (χ1n) is 9.90. The Morgan fingerprint density at radius 2 is 2.00 bits per heavy atom. The summed E-state index contributed by atoms with van der Waals surface area (Å²) in [7, 11) is 0. The third-order valence-corrected chi connectivity index (χ3v) is 6.10. The third kappa shape index (κ3) is 3.88. The van der Waals surface area contributed by atoms with Gasteiger partial charge >= 0.3 is 0 Å². The van der Waals surface area contributed by atoms with Crippen LogP contribution in [0.25, 0.3) is 0 Å². The molecule has 1 fully saturated rings. The number of rotatable bonds is 4. The molecule has 0 aromatic rings. The highest BCUT2D eigenvalue weighted by Gasteiger charge is 2.26. The SMILES string of the molecule is O=[N+]([O-])C1=CC2=C(CC1)N=C(CN1CCC(C3=CC=CCC3)CC1)CC2. The van der Waals surface area contributed by atoms with E-state index in [2.05, 4.69) is 23.1 Å². The van der Waals surface area contributed by atoms with Crippen molar-refractivity contribution in [1.29, 1.82) is 0 Å². The molecule has 138 valence electrons. The average molecular weight is 353 g/mol. The number of nitro groups is 1. The zero-order valence-corrected chi connectivity index (χ0v) is 15.3. The Balaban J connectivity index is 1.34. The maximum absolute atomic E-state index is 11.0. The lowest BCUT2D eigenvalue weighted by molar-refractivity contribution is -0.428. The minimum absolute atomic E-state index is 0.245. The zero-order valence-electron chi connectivity index (χ0n) is 15.3. The lowest BCUT2D eigenvalue weighted by Crippen LogP contribution is -2.38. The van der Waals surface area contributed by atoms with Crippen molar-refractivity contribution in [2.45, 2.75) is 51.4 Å².